The fourth-order valence-electron chi connectivity index (χ4n) is 3.05. The van der Waals surface area contributed by atoms with Gasteiger partial charge in [-0.25, -0.2) is 0 Å². The molecule has 3 heteroatoms. The van der Waals surface area contributed by atoms with Gasteiger partial charge in [-0.2, -0.15) is 0 Å². The Morgan fingerprint density at radius 1 is 0.926 bits per heavy atom. The molecule has 0 bridgehead atoms. The summed E-state index contributed by atoms with van der Waals surface area (Å²) in [5.74, 6) is 0.924. The first-order valence-corrected chi connectivity index (χ1v) is 9.27. The maximum absolute atomic E-state index is 12.8. The lowest BCUT2D eigenvalue weighted by molar-refractivity contribution is 0.0976. The number of anilines is 1. The maximum Gasteiger partial charge on any atom is 0.165 e. The molecular weight excluding hydrogens is 334 g/mol. The number of carbonyl (C=O) groups is 1. The van der Waals surface area contributed by atoms with E-state index in [1.807, 2.05) is 54.6 Å². The molecule has 0 heterocycles. The van der Waals surface area contributed by atoms with E-state index in [-0.39, 0.29) is 11.8 Å². The molecule has 3 aromatic carbocycles. The Kier molecular flexibility index (Phi) is 6.26. The van der Waals surface area contributed by atoms with Gasteiger partial charge in [0.25, 0.3) is 0 Å². The third-order valence-electron chi connectivity index (χ3n) is 4.71. The normalized spacial score (nSPS) is 11.6. The quantitative estimate of drug-likeness (QED) is 0.526. The minimum atomic E-state index is -0.115. The zero-order chi connectivity index (χ0) is 19.1. The summed E-state index contributed by atoms with van der Waals surface area (Å²) < 4.78 is 5.26. The molecule has 3 nitrogen and oxygen atoms in total. The highest BCUT2D eigenvalue weighted by Gasteiger charge is 2.17. The van der Waals surface area contributed by atoms with Gasteiger partial charge in [-0.1, -0.05) is 61.5 Å². The highest BCUT2D eigenvalue weighted by Crippen LogP contribution is 2.26. The highest BCUT2D eigenvalue weighted by atomic mass is 16.5. The van der Waals surface area contributed by atoms with Gasteiger partial charge < -0.3 is 10.1 Å². The number of methoxy groups -OCH3 is 1. The summed E-state index contributed by atoms with van der Waals surface area (Å²) in [4.78, 5) is 12.8. The van der Waals surface area contributed by atoms with Crippen LogP contribution in [0.3, 0.4) is 0 Å². The molecule has 3 aromatic rings. The van der Waals surface area contributed by atoms with Crippen molar-refractivity contribution in [2.75, 3.05) is 12.4 Å². The van der Waals surface area contributed by atoms with Crippen molar-refractivity contribution >= 4 is 11.5 Å². The molecule has 0 amide bonds. The number of nitrogens with one attached hydrogen (secondary N) is 1. The molecule has 1 atom stereocenters. The number of hydrogen-bond donors (Lipinski definition) is 1. The summed E-state index contributed by atoms with van der Waals surface area (Å²) in [5.41, 5.74) is 4.09. The van der Waals surface area contributed by atoms with Gasteiger partial charge >= 0.3 is 0 Å². The lowest BCUT2D eigenvalue weighted by Gasteiger charge is -2.20. The van der Waals surface area contributed by atoms with Gasteiger partial charge in [0.1, 0.15) is 5.75 Å². The molecule has 0 aromatic heterocycles. The van der Waals surface area contributed by atoms with Gasteiger partial charge in [0.15, 0.2) is 5.78 Å². The van der Waals surface area contributed by atoms with Crippen LogP contribution in [0.2, 0.25) is 0 Å². The lowest BCUT2D eigenvalue weighted by atomic mass is 9.97. The first kappa shape index (κ1) is 18.7. The van der Waals surface area contributed by atoms with Crippen molar-refractivity contribution in [3.8, 4) is 5.75 Å². The van der Waals surface area contributed by atoms with E-state index in [0.29, 0.717) is 6.42 Å². The van der Waals surface area contributed by atoms with Crippen LogP contribution in [0.25, 0.3) is 0 Å². The third kappa shape index (κ3) is 4.98. The van der Waals surface area contributed by atoms with Crippen LogP contribution in [-0.4, -0.2) is 12.9 Å². The number of Topliss-reactive ketones (excluding diaryl/α,β-unsaturated/α-hetero) is 1. The minimum absolute atomic E-state index is 0.115. The van der Waals surface area contributed by atoms with E-state index in [1.54, 1.807) is 7.11 Å². The van der Waals surface area contributed by atoms with Crippen LogP contribution in [0.15, 0.2) is 78.9 Å². The molecule has 138 valence electrons. The van der Waals surface area contributed by atoms with Crippen molar-refractivity contribution in [2.24, 2.45) is 0 Å². The standard InChI is InChI=1S/C24H25NO2/c1-3-18-9-13-21(14-10-18)25-23(19-11-15-22(27-2)16-12-19)17-24(26)20-7-5-4-6-8-20/h4-16,23,25H,3,17H2,1-2H3. The Hall–Kier alpha value is -3.07. The fraction of sp³-hybridized carbons (Fsp3) is 0.208. The first-order valence-electron chi connectivity index (χ1n) is 9.27. The number of aryl methyl sites for hydroxylation is 1. The van der Waals surface area contributed by atoms with Gasteiger partial charge in [0, 0.05) is 17.7 Å². The molecule has 0 spiro atoms. The van der Waals surface area contributed by atoms with Crippen molar-refractivity contribution < 1.29 is 9.53 Å². The van der Waals surface area contributed by atoms with Crippen molar-refractivity contribution in [3.63, 3.8) is 0 Å². The highest BCUT2D eigenvalue weighted by molar-refractivity contribution is 5.96. The minimum Gasteiger partial charge on any atom is -0.497 e. The van der Waals surface area contributed by atoms with Crippen molar-refractivity contribution in [2.45, 2.75) is 25.8 Å². The van der Waals surface area contributed by atoms with Crippen LogP contribution in [0.5, 0.6) is 5.75 Å². The van der Waals surface area contributed by atoms with Gasteiger partial charge in [-0.15, -0.1) is 0 Å². The van der Waals surface area contributed by atoms with Gasteiger partial charge in [0.05, 0.1) is 13.2 Å². The van der Waals surface area contributed by atoms with Crippen LogP contribution in [0.1, 0.15) is 40.9 Å². The lowest BCUT2D eigenvalue weighted by Crippen LogP contribution is -2.16. The zero-order valence-corrected chi connectivity index (χ0v) is 15.8. The van der Waals surface area contributed by atoms with E-state index in [9.17, 15) is 4.79 Å². The summed E-state index contributed by atoms with van der Waals surface area (Å²) in [5, 5.41) is 3.52. The van der Waals surface area contributed by atoms with Crippen LogP contribution >= 0.6 is 0 Å². The third-order valence-corrected chi connectivity index (χ3v) is 4.71. The molecule has 1 unspecified atom stereocenters. The van der Waals surface area contributed by atoms with Crippen LogP contribution in [0.4, 0.5) is 5.69 Å². The molecule has 3 rings (SSSR count). The van der Waals surface area contributed by atoms with Crippen LogP contribution in [-0.2, 0) is 6.42 Å². The second-order valence-electron chi connectivity index (χ2n) is 6.51. The summed E-state index contributed by atoms with van der Waals surface area (Å²) in [6, 6.07) is 25.6. The van der Waals surface area contributed by atoms with Crippen molar-refractivity contribution in [1.29, 1.82) is 0 Å². The molecule has 0 saturated heterocycles. The van der Waals surface area contributed by atoms with E-state index >= 15 is 0 Å². The number of benzene rings is 3. The van der Waals surface area contributed by atoms with Gasteiger partial charge in [-0.3, -0.25) is 4.79 Å². The molecule has 0 radical (unpaired) electrons. The number of ketones is 1. The molecule has 0 aliphatic carbocycles. The van der Waals surface area contributed by atoms with Crippen molar-refractivity contribution in [1.82, 2.24) is 0 Å². The Balaban J connectivity index is 1.83. The summed E-state index contributed by atoms with van der Waals surface area (Å²) in [6.45, 7) is 2.14. The maximum atomic E-state index is 12.8. The molecule has 27 heavy (non-hydrogen) atoms. The second kappa shape index (κ2) is 9.04. The smallest absolute Gasteiger partial charge is 0.165 e. The largest absolute Gasteiger partial charge is 0.497 e. The molecule has 0 aliphatic heterocycles. The van der Waals surface area contributed by atoms with E-state index in [0.717, 1.165) is 29.0 Å². The van der Waals surface area contributed by atoms with Gasteiger partial charge in [-0.05, 0) is 41.8 Å². The SMILES string of the molecule is CCc1ccc(NC(CC(=O)c2ccccc2)c2ccc(OC)cc2)cc1. The number of rotatable bonds is 8. The van der Waals surface area contributed by atoms with Gasteiger partial charge in [0.2, 0.25) is 0 Å². The first-order chi connectivity index (χ1) is 13.2. The Morgan fingerprint density at radius 2 is 1.59 bits per heavy atom. The van der Waals surface area contributed by atoms with Crippen LogP contribution < -0.4 is 10.1 Å². The van der Waals surface area contributed by atoms with E-state index < -0.39 is 0 Å². The van der Waals surface area contributed by atoms with E-state index in [4.69, 9.17) is 4.74 Å². The topological polar surface area (TPSA) is 38.3 Å². The molecular formula is C24H25NO2. The summed E-state index contributed by atoms with van der Waals surface area (Å²) in [7, 11) is 1.65. The molecule has 0 aliphatic rings. The Labute approximate surface area is 161 Å². The van der Waals surface area contributed by atoms with E-state index in [1.165, 1.54) is 5.56 Å². The Morgan fingerprint density at radius 3 is 2.19 bits per heavy atom. The number of hydrogen-bond acceptors (Lipinski definition) is 3. The number of carbonyl (C=O) groups excluding carboxylic acids is 1. The number of ether oxygens (including phenoxy) is 1. The van der Waals surface area contributed by atoms with E-state index in [2.05, 4.69) is 36.5 Å². The summed E-state index contributed by atoms with van der Waals surface area (Å²) >= 11 is 0. The zero-order valence-electron chi connectivity index (χ0n) is 15.8. The Bertz CT molecular complexity index is 855. The predicted octanol–water partition coefficient (Wildman–Crippen LogP) is 5.68. The molecule has 1 N–H and O–H groups in total. The fourth-order valence-corrected chi connectivity index (χ4v) is 3.05. The monoisotopic (exact) mass is 359 g/mol. The molecule has 0 fully saturated rings. The van der Waals surface area contributed by atoms with Crippen molar-refractivity contribution in [3.05, 3.63) is 95.6 Å². The summed E-state index contributed by atoms with van der Waals surface area (Å²) in [6.07, 6.45) is 1.39. The average Bonchev–Trinajstić information content (AvgIpc) is 2.74. The predicted molar refractivity (Wildman–Crippen MR) is 111 cm³/mol. The van der Waals surface area contributed by atoms with Crippen LogP contribution in [0, 0.1) is 0 Å². The second-order valence-corrected chi connectivity index (χ2v) is 6.51. The molecule has 0 saturated carbocycles. The average molecular weight is 359 g/mol.